The van der Waals surface area contributed by atoms with E-state index in [1.54, 1.807) is 12.4 Å². The Bertz CT molecular complexity index is 797. The minimum absolute atomic E-state index is 0.218. The quantitative estimate of drug-likeness (QED) is 0.802. The maximum atomic E-state index is 6.68. The van der Waals surface area contributed by atoms with Crippen LogP contribution < -0.4 is 16.4 Å². The smallest absolute Gasteiger partial charge is 0.228 e. The van der Waals surface area contributed by atoms with Crippen LogP contribution in [0, 0.1) is 11.8 Å². The monoisotopic (exact) mass is 334 g/mol. The predicted octanol–water partition coefficient (Wildman–Crippen LogP) is 2.56. The largest absolute Gasteiger partial charge is 0.333 e. The lowest BCUT2D eigenvalue weighted by molar-refractivity contribution is 0.247. The third kappa shape index (κ3) is 3.39. The molecular weight excluding hydrogens is 312 g/mol. The normalized spacial score (nSPS) is 23.9. The molecule has 1 saturated carbocycles. The van der Waals surface area contributed by atoms with Crippen molar-refractivity contribution in [2.24, 2.45) is 27.6 Å². The summed E-state index contributed by atoms with van der Waals surface area (Å²) >= 11 is 0. The van der Waals surface area contributed by atoms with Gasteiger partial charge in [-0.3, -0.25) is 10.7 Å². The summed E-state index contributed by atoms with van der Waals surface area (Å²) in [6.07, 6.45) is 5.88. The SMILES string of the molecule is CC(C1CC1)C1(N)N=C(Nc2ccncc2)N=C(c2ccccc2)N1. The molecule has 4 N–H and O–H groups in total. The van der Waals surface area contributed by atoms with Crippen molar-refractivity contribution in [2.45, 2.75) is 25.6 Å². The van der Waals surface area contributed by atoms with Crippen molar-refractivity contribution in [3.8, 4) is 0 Å². The molecule has 1 aromatic carbocycles. The van der Waals surface area contributed by atoms with Crippen molar-refractivity contribution < 1.29 is 0 Å². The van der Waals surface area contributed by atoms with E-state index in [2.05, 4.69) is 27.5 Å². The Labute approximate surface area is 147 Å². The van der Waals surface area contributed by atoms with Crippen molar-refractivity contribution >= 4 is 17.5 Å². The minimum Gasteiger partial charge on any atom is -0.333 e. The highest BCUT2D eigenvalue weighted by atomic mass is 15.4. The van der Waals surface area contributed by atoms with E-state index in [4.69, 9.17) is 10.7 Å². The molecule has 2 aromatic rings. The Morgan fingerprint density at radius 3 is 2.56 bits per heavy atom. The highest BCUT2D eigenvalue weighted by molar-refractivity contribution is 6.10. The molecule has 25 heavy (non-hydrogen) atoms. The third-order valence-electron chi connectivity index (χ3n) is 4.83. The molecule has 1 aliphatic heterocycles. The minimum atomic E-state index is -0.872. The molecule has 1 aromatic heterocycles. The topological polar surface area (TPSA) is 87.7 Å². The average Bonchev–Trinajstić information content (AvgIpc) is 3.47. The molecule has 6 nitrogen and oxygen atoms in total. The number of hydrogen-bond donors (Lipinski definition) is 3. The molecular formula is C19H22N6. The summed E-state index contributed by atoms with van der Waals surface area (Å²) < 4.78 is 0. The summed E-state index contributed by atoms with van der Waals surface area (Å²) in [5, 5.41) is 6.62. The van der Waals surface area contributed by atoms with Crippen molar-refractivity contribution in [3.63, 3.8) is 0 Å². The van der Waals surface area contributed by atoms with Crippen LogP contribution in [0.1, 0.15) is 25.3 Å². The lowest BCUT2D eigenvalue weighted by Crippen LogP contribution is -2.62. The van der Waals surface area contributed by atoms with E-state index in [1.807, 2.05) is 42.5 Å². The van der Waals surface area contributed by atoms with E-state index in [-0.39, 0.29) is 5.92 Å². The van der Waals surface area contributed by atoms with Gasteiger partial charge < -0.3 is 10.6 Å². The lowest BCUT2D eigenvalue weighted by atomic mass is 9.97. The number of rotatable bonds is 4. The molecule has 0 radical (unpaired) electrons. The van der Waals surface area contributed by atoms with E-state index < -0.39 is 5.79 Å². The molecule has 128 valence electrons. The molecule has 2 heterocycles. The third-order valence-corrected chi connectivity index (χ3v) is 4.83. The molecule has 0 spiro atoms. The zero-order chi connectivity index (χ0) is 17.3. The number of aromatic nitrogens is 1. The second kappa shape index (κ2) is 6.29. The molecule has 2 unspecified atom stereocenters. The molecule has 1 aliphatic carbocycles. The van der Waals surface area contributed by atoms with E-state index in [0.717, 1.165) is 17.1 Å². The number of nitrogens with zero attached hydrogens (tertiary/aromatic N) is 3. The summed E-state index contributed by atoms with van der Waals surface area (Å²) in [6.45, 7) is 2.16. The average molecular weight is 334 g/mol. The Balaban J connectivity index is 1.69. The van der Waals surface area contributed by atoms with Crippen molar-refractivity contribution in [3.05, 3.63) is 60.4 Å². The Hall–Kier alpha value is -2.73. The standard InChI is InChI=1S/C19H22N6/c1-13(14-7-8-14)19(20)24-17(15-5-3-2-4-6-15)23-18(25-19)22-16-9-11-21-12-10-16/h2-6,9-14H,7-8,20H2,1H3,(H2,21,22,23,24,25). The van der Waals surface area contributed by atoms with E-state index in [0.29, 0.717) is 11.9 Å². The molecule has 2 aliphatic rings. The highest BCUT2D eigenvalue weighted by Gasteiger charge is 2.44. The van der Waals surface area contributed by atoms with Gasteiger partial charge in [0, 0.05) is 29.6 Å². The van der Waals surface area contributed by atoms with Crippen molar-refractivity contribution in [1.29, 1.82) is 0 Å². The summed E-state index contributed by atoms with van der Waals surface area (Å²) in [5.74, 6) is 1.21. The molecule has 0 amide bonds. The lowest BCUT2D eigenvalue weighted by Gasteiger charge is -2.36. The van der Waals surface area contributed by atoms with Gasteiger partial charge in [-0.2, -0.15) is 4.99 Å². The number of amidine groups is 1. The van der Waals surface area contributed by atoms with Crippen LogP contribution in [0.2, 0.25) is 0 Å². The molecule has 0 saturated heterocycles. The van der Waals surface area contributed by atoms with Gasteiger partial charge in [-0.1, -0.05) is 37.3 Å². The summed E-state index contributed by atoms with van der Waals surface area (Å²) in [7, 11) is 0. The molecule has 4 rings (SSSR count). The first-order valence-corrected chi connectivity index (χ1v) is 8.62. The van der Waals surface area contributed by atoms with E-state index >= 15 is 0 Å². The molecule has 2 atom stereocenters. The van der Waals surface area contributed by atoms with Crippen LogP contribution in [0.3, 0.4) is 0 Å². The number of nitrogens with two attached hydrogens (primary N) is 1. The first kappa shape index (κ1) is 15.8. The number of aliphatic imine (C=N–C) groups is 2. The number of hydrogen-bond acceptors (Lipinski definition) is 6. The van der Waals surface area contributed by atoms with Gasteiger partial charge in [0.25, 0.3) is 0 Å². The van der Waals surface area contributed by atoms with Crippen molar-refractivity contribution in [1.82, 2.24) is 10.3 Å². The zero-order valence-electron chi connectivity index (χ0n) is 14.2. The van der Waals surface area contributed by atoms with Gasteiger partial charge in [-0.15, -0.1) is 0 Å². The summed E-state index contributed by atoms with van der Waals surface area (Å²) in [4.78, 5) is 13.4. The Kier molecular flexibility index (Phi) is 3.97. The molecule has 0 bridgehead atoms. The van der Waals surface area contributed by atoms with Gasteiger partial charge in [0.15, 0.2) is 5.79 Å². The van der Waals surface area contributed by atoms with Crippen molar-refractivity contribution in [2.75, 3.05) is 5.32 Å². The molecule has 1 fully saturated rings. The van der Waals surface area contributed by atoms with E-state index in [1.165, 1.54) is 12.8 Å². The Morgan fingerprint density at radius 1 is 1.16 bits per heavy atom. The van der Waals surface area contributed by atoms with Gasteiger partial charge in [0.2, 0.25) is 5.96 Å². The fourth-order valence-corrected chi connectivity index (χ4v) is 3.08. The van der Waals surface area contributed by atoms with Gasteiger partial charge in [-0.25, -0.2) is 4.99 Å². The second-order valence-electron chi connectivity index (χ2n) is 6.70. The maximum absolute atomic E-state index is 6.68. The highest BCUT2D eigenvalue weighted by Crippen LogP contribution is 2.41. The fourth-order valence-electron chi connectivity index (χ4n) is 3.08. The fraction of sp³-hybridized carbons (Fsp3) is 0.316. The number of nitrogens with one attached hydrogen (secondary N) is 2. The Morgan fingerprint density at radius 2 is 1.88 bits per heavy atom. The van der Waals surface area contributed by atoms with Gasteiger partial charge in [0.1, 0.15) is 5.84 Å². The van der Waals surface area contributed by atoms with Crippen LogP contribution in [0.4, 0.5) is 5.69 Å². The number of benzene rings is 1. The first-order chi connectivity index (χ1) is 12.1. The van der Waals surface area contributed by atoms with Gasteiger partial charge in [0.05, 0.1) is 0 Å². The van der Waals surface area contributed by atoms with Gasteiger partial charge >= 0.3 is 0 Å². The summed E-state index contributed by atoms with van der Waals surface area (Å²) in [5.41, 5.74) is 8.56. The number of anilines is 1. The predicted molar refractivity (Wildman–Crippen MR) is 100 cm³/mol. The van der Waals surface area contributed by atoms with Crippen LogP contribution in [0.15, 0.2) is 64.8 Å². The number of pyridine rings is 1. The van der Waals surface area contributed by atoms with Crippen LogP contribution in [0.25, 0.3) is 0 Å². The zero-order valence-corrected chi connectivity index (χ0v) is 14.2. The van der Waals surface area contributed by atoms with Crippen LogP contribution >= 0.6 is 0 Å². The second-order valence-corrected chi connectivity index (χ2v) is 6.70. The maximum Gasteiger partial charge on any atom is 0.228 e. The van der Waals surface area contributed by atoms with Crippen LogP contribution in [-0.2, 0) is 0 Å². The van der Waals surface area contributed by atoms with Crippen LogP contribution in [0.5, 0.6) is 0 Å². The van der Waals surface area contributed by atoms with Crippen LogP contribution in [-0.4, -0.2) is 22.6 Å². The summed E-state index contributed by atoms with van der Waals surface area (Å²) in [6, 6.07) is 13.8. The van der Waals surface area contributed by atoms with E-state index in [9.17, 15) is 0 Å². The molecule has 6 heteroatoms. The number of guanidine groups is 1. The first-order valence-electron chi connectivity index (χ1n) is 8.62. The van der Waals surface area contributed by atoms with Gasteiger partial charge in [-0.05, 0) is 30.9 Å².